The smallest absolute Gasteiger partial charge is 0.254 e. The van der Waals surface area contributed by atoms with Crippen LogP contribution in [0.3, 0.4) is 0 Å². The summed E-state index contributed by atoms with van der Waals surface area (Å²) in [4.78, 5) is 29.4. The summed E-state index contributed by atoms with van der Waals surface area (Å²) in [5, 5.41) is 3.25. The van der Waals surface area contributed by atoms with Crippen molar-refractivity contribution in [3.05, 3.63) is 82.7 Å². The zero-order valence-electron chi connectivity index (χ0n) is 22.6. The minimum atomic E-state index is -3.77. The van der Waals surface area contributed by atoms with E-state index in [0.29, 0.717) is 30.9 Å². The fraction of sp³-hybridized carbons (Fsp3) is 0.333. The zero-order valence-corrected chi connectivity index (χ0v) is 23.4. The number of halogens is 1. The Morgan fingerprint density at radius 1 is 0.925 bits per heavy atom. The van der Waals surface area contributed by atoms with Gasteiger partial charge in [-0.05, 0) is 53.9 Å². The average molecular weight is 566 g/mol. The van der Waals surface area contributed by atoms with Gasteiger partial charge < -0.3 is 19.9 Å². The third kappa shape index (κ3) is 5.59. The molecule has 2 heterocycles. The summed E-state index contributed by atoms with van der Waals surface area (Å²) >= 11 is 0. The van der Waals surface area contributed by atoms with Gasteiger partial charge in [0.15, 0.2) is 9.84 Å². The first-order valence-electron chi connectivity index (χ1n) is 13.3. The van der Waals surface area contributed by atoms with E-state index < -0.39 is 20.5 Å². The SMILES string of the molecule is CCc1c(C(=O)N2CCOc3ccc(-c4ccc(C(=O)N5CCNCC5)cc4)cc3C2)ccc(S(C)(=O)=O)c1F. The molecule has 0 atom stereocenters. The second-order valence-corrected chi connectivity index (χ2v) is 12.0. The van der Waals surface area contributed by atoms with Crippen molar-refractivity contribution in [2.45, 2.75) is 24.8 Å². The van der Waals surface area contributed by atoms with Crippen LogP contribution in [0.5, 0.6) is 5.75 Å². The van der Waals surface area contributed by atoms with Crippen molar-refractivity contribution in [2.24, 2.45) is 0 Å². The van der Waals surface area contributed by atoms with Crippen LogP contribution in [-0.2, 0) is 22.8 Å². The van der Waals surface area contributed by atoms with Crippen molar-refractivity contribution < 1.29 is 27.1 Å². The molecule has 0 bridgehead atoms. The Morgan fingerprint density at radius 3 is 2.30 bits per heavy atom. The van der Waals surface area contributed by atoms with E-state index in [1.165, 1.54) is 6.07 Å². The number of piperazine rings is 1. The summed E-state index contributed by atoms with van der Waals surface area (Å²) in [7, 11) is -3.77. The van der Waals surface area contributed by atoms with Crippen molar-refractivity contribution in [1.82, 2.24) is 15.1 Å². The number of benzene rings is 3. The van der Waals surface area contributed by atoms with Crippen LogP contribution >= 0.6 is 0 Å². The van der Waals surface area contributed by atoms with Crippen LogP contribution in [0, 0.1) is 5.82 Å². The van der Waals surface area contributed by atoms with E-state index in [9.17, 15) is 18.0 Å². The van der Waals surface area contributed by atoms with Gasteiger partial charge in [0.2, 0.25) is 0 Å². The highest BCUT2D eigenvalue weighted by atomic mass is 32.2. The number of carbonyl (C=O) groups excluding carboxylic acids is 2. The zero-order chi connectivity index (χ0) is 28.4. The van der Waals surface area contributed by atoms with Gasteiger partial charge in [0, 0.05) is 61.2 Å². The minimum absolute atomic E-state index is 0.0185. The maximum absolute atomic E-state index is 15.1. The van der Waals surface area contributed by atoms with Gasteiger partial charge in [-0.2, -0.15) is 0 Å². The molecule has 40 heavy (non-hydrogen) atoms. The van der Waals surface area contributed by atoms with Gasteiger partial charge in [-0.3, -0.25) is 9.59 Å². The third-order valence-corrected chi connectivity index (χ3v) is 8.50. The predicted molar refractivity (Wildman–Crippen MR) is 150 cm³/mol. The number of sulfone groups is 1. The highest BCUT2D eigenvalue weighted by Crippen LogP contribution is 2.31. The van der Waals surface area contributed by atoms with Gasteiger partial charge in [-0.1, -0.05) is 25.1 Å². The van der Waals surface area contributed by atoms with E-state index in [1.807, 2.05) is 47.4 Å². The standard InChI is InChI=1S/C30H32FN3O5S/c1-3-24-25(9-11-27(28(24)31)40(2,37)38)30(36)34-16-17-39-26-10-8-22(18-23(26)19-34)20-4-6-21(7-5-20)29(35)33-14-12-32-13-15-33/h4-11,18,32H,3,12-17,19H2,1-2H3. The van der Waals surface area contributed by atoms with E-state index in [4.69, 9.17) is 4.74 Å². The molecular weight excluding hydrogens is 533 g/mol. The molecule has 210 valence electrons. The molecule has 2 amide bonds. The first-order valence-corrected chi connectivity index (χ1v) is 15.2. The topological polar surface area (TPSA) is 96.0 Å². The monoisotopic (exact) mass is 565 g/mol. The highest BCUT2D eigenvalue weighted by molar-refractivity contribution is 7.90. The number of hydrogen-bond donors (Lipinski definition) is 1. The Bertz CT molecular complexity index is 1550. The molecule has 0 radical (unpaired) electrons. The lowest BCUT2D eigenvalue weighted by Crippen LogP contribution is -2.46. The van der Waals surface area contributed by atoms with Crippen LogP contribution < -0.4 is 10.1 Å². The quantitative estimate of drug-likeness (QED) is 0.509. The van der Waals surface area contributed by atoms with Gasteiger partial charge in [0.1, 0.15) is 23.1 Å². The number of hydrogen-bond acceptors (Lipinski definition) is 6. The fourth-order valence-corrected chi connectivity index (χ4v) is 5.97. The summed E-state index contributed by atoms with van der Waals surface area (Å²) in [6.07, 6.45) is 1.12. The van der Waals surface area contributed by atoms with E-state index >= 15 is 4.39 Å². The number of amides is 2. The van der Waals surface area contributed by atoms with Gasteiger partial charge in [0.25, 0.3) is 11.8 Å². The molecule has 1 fully saturated rings. The molecule has 8 nitrogen and oxygen atoms in total. The lowest BCUT2D eigenvalue weighted by atomic mass is 10.00. The van der Waals surface area contributed by atoms with Crippen molar-refractivity contribution in [2.75, 3.05) is 45.6 Å². The van der Waals surface area contributed by atoms with Crippen LogP contribution in [0.15, 0.2) is 59.5 Å². The minimum Gasteiger partial charge on any atom is -0.491 e. The summed E-state index contributed by atoms with van der Waals surface area (Å²) in [5.74, 6) is -0.569. The molecule has 0 aliphatic carbocycles. The van der Waals surface area contributed by atoms with Crippen molar-refractivity contribution in [3.63, 3.8) is 0 Å². The van der Waals surface area contributed by atoms with Crippen LogP contribution in [0.25, 0.3) is 11.1 Å². The Kier molecular flexibility index (Phi) is 7.91. The van der Waals surface area contributed by atoms with Crippen LogP contribution in [-0.4, -0.2) is 75.6 Å². The fourth-order valence-electron chi connectivity index (χ4n) is 5.21. The van der Waals surface area contributed by atoms with Gasteiger partial charge >= 0.3 is 0 Å². The number of nitrogens with zero attached hydrogens (tertiary/aromatic N) is 2. The van der Waals surface area contributed by atoms with Crippen molar-refractivity contribution in [1.29, 1.82) is 0 Å². The maximum Gasteiger partial charge on any atom is 0.254 e. The van der Waals surface area contributed by atoms with Crippen LogP contribution in [0.4, 0.5) is 4.39 Å². The Labute approximate surface area is 233 Å². The Hall–Kier alpha value is -3.76. The molecular formula is C30H32FN3O5S. The first-order chi connectivity index (χ1) is 19.2. The molecule has 0 unspecified atom stereocenters. The van der Waals surface area contributed by atoms with Gasteiger partial charge in [0.05, 0.1) is 6.54 Å². The van der Waals surface area contributed by atoms with Crippen molar-refractivity contribution >= 4 is 21.7 Å². The molecule has 0 spiro atoms. The van der Waals surface area contributed by atoms with Crippen molar-refractivity contribution in [3.8, 4) is 16.9 Å². The molecule has 1 saturated heterocycles. The average Bonchev–Trinajstić information content (AvgIpc) is 3.18. The first kappa shape index (κ1) is 27.8. The second-order valence-electron chi connectivity index (χ2n) is 10.0. The molecule has 2 aliphatic rings. The van der Waals surface area contributed by atoms with Crippen LogP contribution in [0.1, 0.15) is 38.8 Å². The predicted octanol–water partition coefficient (Wildman–Crippen LogP) is 3.54. The third-order valence-electron chi connectivity index (χ3n) is 7.39. The number of fused-ring (bicyclic) bond motifs is 1. The summed E-state index contributed by atoms with van der Waals surface area (Å²) in [6.45, 7) is 5.47. The van der Waals surface area contributed by atoms with Gasteiger partial charge in [-0.25, -0.2) is 12.8 Å². The molecule has 3 aromatic rings. The summed E-state index contributed by atoms with van der Waals surface area (Å²) in [6, 6.07) is 15.8. The maximum atomic E-state index is 15.1. The summed E-state index contributed by atoms with van der Waals surface area (Å²) in [5.41, 5.74) is 3.51. The van der Waals surface area contributed by atoms with Gasteiger partial charge in [-0.15, -0.1) is 0 Å². The largest absolute Gasteiger partial charge is 0.491 e. The van der Waals surface area contributed by atoms with E-state index in [1.54, 1.807) is 11.8 Å². The number of nitrogens with one attached hydrogen (secondary N) is 1. The van der Waals surface area contributed by atoms with Crippen LogP contribution in [0.2, 0.25) is 0 Å². The Morgan fingerprint density at radius 2 is 1.62 bits per heavy atom. The summed E-state index contributed by atoms with van der Waals surface area (Å²) < 4.78 is 45.0. The lowest BCUT2D eigenvalue weighted by Gasteiger charge is -2.27. The normalized spacial score (nSPS) is 15.7. The molecule has 0 aromatic heterocycles. The Balaban J connectivity index is 1.38. The van der Waals surface area contributed by atoms with E-state index in [-0.39, 0.29) is 42.5 Å². The molecule has 3 aromatic carbocycles. The molecule has 1 N–H and O–H groups in total. The lowest BCUT2D eigenvalue weighted by molar-refractivity contribution is 0.0726. The number of rotatable bonds is 5. The number of carbonyl (C=O) groups is 2. The van der Waals surface area contributed by atoms with E-state index in [2.05, 4.69) is 5.32 Å². The molecule has 0 saturated carbocycles. The highest BCUT2D eigenvalue weighted by Gasteiger charge is 2.27. The molecule has 10 heteroatoms. The van der Waals surface area contributed by atoms with E-state index in [0.717, 1.165) is 42.1 Å². The second kappa shape index (κ2) is 11.4. The molecule has 2 aliphatic heterocycles. The number of ether oxygens (including phenoxy) is 1. The molecule has 5 rings (SSSR count).